The molecule has 0 rings (SSSR count). The normalized spacial score (nSPS) is 10.8. The van der Waals surface area contributed by atoms with Gasteiger partial charge in [-0.1, -0.05) is 154 Å². The van der Waals surface area contributed by atoms with Crippen LogP contribution in [0.2, 0.25) is 0 Å². The highest BCUT2D eigenvalue weighted by atomic mass is 14.4. The number of hydrogen-bond donors (Lipinski definition) is 1. The van der Waals surface area contributed by atoms with Gasteiger partial charge in [-0.25, -0.2) is 0 Å². The molecule has 0 atom stereocenters. The Balaban J connectivity index is 2.98. The van der Waals surface area contributed by atoms with Gasteiger partial charge in [0.2, 0.25) is 0 Å². The van der Waals surface area contributed by atoms with E-state index in [1.165, 1.54) is 148 Å². The second kappa shape index (κ2) is 26.4. The Morgan fingerprint density at radius 1 is 0.393 bits per heavy atom. The summed E-state index contributed by atoms with van der Waals surface area (Å²) in [5.41, 5.74) is 5.16. The number of hydrogen-bond acceptors (Lipinski definition) is 1. The van der Waals surface area contributed by atoms with E-state index in [4.69, 9.17) is 5.73 Å². The molecule has 1 heteroatoms. The van der Waals surface area contributed by atoms with E-state index in [9.17, 15) is 0 Å². The second-order valence-corrected chi connectivity index (χ2v) is 8.85. The Morgan fingerprint density at radius 3 is 0.893 bits per heavy atom. The topological polar surface area (TPSA) is 26.0 Å². The van der Waals surface area contributed by atoms with Crippen molar-refractivity contribution >= 4 is 0 Å². The average Bonchev–Trinajstić information content (AvgIpc) is 2.71. The predicted octanol–water partition coefficient (Wildman–Crippen LogP) is 9.29. The van der Waals surface area contributed by atoms with Gasteiger partial charge in [0.15, 0.2) is 0 Å². The molecule has 0 saturated heterocycles. The van der Waals surface area contributed by atoms with Crippen molar-refractivity contribution in [1.29, 1.82) is 0 Å². The molecule has 0 saturated carbocycles. The minimum atomic E-state index is 0.982. The number of nitrogens with two attached hydrogens (primary N) is 1. The van der Waals surface area contributed by atoms with Crippen molar-refractivity contribution in [3.05, 3.63) is 0 Å². The summed E-state index contributed by atoms with van der Waals surface area (Å²) in [5.74, 6) is 2.94. The van der Waals surface area contributed by atoms with E-state index in [1.807, 2.05) is 0 Å². The van der Waals surface area contributed by atoms with Gasteiger partial charge in [-0.15, -0.1) is 0 Å². The zero-order chi connectivity index (χ0) is 20.4. The quantitative estimate of drug-likeness (QED) is 0.105. The van der Waals surface area contributed by atoms with Crippen molar-refractivity contribution in [2.24, 2.45) is 5.73 Å². The first-order chi connectivity index (χ1) is 13.9. The standard InChI is InChI=1S/C27H53N/c1-2-3-4-5-6-7-8-9-10-11-12-13-14-15-16-17-18-19-20-21-22-23-24-25-26-27-28/h2-25,28H2,1H3. The van der Waals surface area contributed by atoms with Crippen LogP contribution in [-0.2, 0) is 0 Å². The molecule has 1 nitrogen and oxygen atoms in total. The summed E-state index contributed by atoms with van der Waals surface area (Å²) >= 11 is 0. The monoisotopic (exact) mass is 391 g/mol. The molecule has 0 spiro atoms. The first kappa shape index (κ1) is 27.4. The molecule has 0 aliphatic carbocycles. The molecule has 0 fully saturated rings. The fraction of sp³-hybridized carbons (Fsp3) is 0.926. The largest absolute Gasteiger partial charge is 0.359 e. The van der Waals surface area contributed by atoms with E-state index in [0.29, 0.717) is 0 Å². The molecule has 0 aromatic heterocycles. The highest BCUT2D eigenvalue weighted by Crippen LogP contribution is 2.15. The number of unbranched alkanes of at least 4 members (excludes halogenated alkanes) is 23. The van der Waals surface area contributed by atoms with E-state index in [2.05, 4.69) is 18.9 Å². The van der Waals surface area contributed by atoms with Crippen molar-refractivity contribution < 1.29 is 0 Å². The summed E-state index contributed by atoms with van der Waals surface area (Å²) in [5, 5.41) is 0. The van der Waals surface area contributed by atoms with Crippen LogP contribution in [0.5, 0.6) is 0 Å². The first-order valence-corrected chi connectivity index (χ1v) is 13.1. The third-order valence-electron chi connectivity index (χ3n) is 6.01. The zero-order valence-electron chi connectivity index (χ0n) is 19.5. The van der Waals surface area contributed by atoms with E-state index in [1.54, 1.807) is 0 Å². The van der Waals surface area contributed by atoms with E-state index in [0.717, 1.165) is 6.42 Å². The molecule has 2 N–H and O–H groups in total. The van der Waals surface area contributed by atoms with Gasteiger partial charge in [0.05, 0.1) is 0 Å². The fourth-order valence-electron chi connectivity index (χ4n) is 4.07. The van der Waals surface area contributed by atoms with Gasteiger partial charge < -0.3 is 5.73 Å². The molecular formula is C27H53N. The van der Waals surface area contributed by atoms with Gasteiger partial charge in [-0.05, 0) is 6.42 Å². The lowest BCUT2D eigenvalue weighted by atomic mass is 10.0. The first-order valence-electron chi connectivity index (χ1n) is 13.1. The third-order valence-corrected chi connectivity index (χ3v) is 6.01. The van der Waals surface area contributed by atoms with Gasteiger partial charge in [0.1, 0.15) is 0 Å². The molecule has 0 amide bonds. The molecule has 0 aliphatic rings. The molecule has 0 bridgehead atoms. The van der Waals surface area contributed by atoms with Crippen LogP contribution in [0.15, 0.2) is 0 Å². The Morgan fingerprint density at radius 2 is 0.643 bits per heavy atom. The Hall–Kier alpha value is -0.640. The smallest absolute Gasteiger partial charge is 0.0107 e. The minimum Gasteiger partial charge on any atom is -0.359 e. The van der Waals surface area contributed by atoms with Crippen LogP contribution in [0.3, 0.4) is 0 Å². The molecule has 166 valence electrons. The summed E-state index contributed by atoms with van der Waals surface area (Å²) in [4.78, 5) is 0. The second-order valence-electron chi connectivity index (χ2n) is 8.85. The Bertz CT molecular complexity index is 325. The van der Waals surface area contributed by atoms with Crippen molar-refractivity contribution in [1.82, 2.24) is 0 Å². The summed E-state index contributed by atoms with van der Waals surface area (Å²) < 4.78 is 0. The Kier molecular flexibility index (Phi) is 25.8. The number of rotatable bonds is 23. The maximum absolute atomic E-state index is 5.16. The Labute approximate surface area is 179 Å². The summed E-state index contributed by atoms with van der Waals surface area (Å²) in [7, 11) is 0. The maximum Gasteiger partial charge on any atom is 0.0107 e. The van der Waals surface area contributed by atoms with Crippen molar-refractivity contribution in [2.45, 2.75) is 161 Å². The van der Waals surface area contributed by atoms with Crippen molar-refractivity contribution in [3.63, 3.8) is 0 Å². The van der Waals surface area contributed by atoms with Crippen LogP contribution in [0.1, 0.15) is 161 Å². The lowest BCUT2D eigenvalue weighted by molar-refractivity contribution is 0.518. The summed E-state index contributed by atoms with van der Waals surface area (Å²) in [6, 6.07) is 2.48. The van der Waals surface area contributed by atoms with Crippen LogP contribution >= 0.6 is 0 Å². The van der Waals surface area contributed by atoms with Crippen molar-refractivity contribution in [3.8, 4) is 12.0 Å². The zero-order valence-corrected chi connectivity index (χ0v) is 19.5. The summed E-state index contributed by atoms with van der Waals surface area (Å²) in [6.45, 7) is 2.30. The van der Waals surface area contributed by atoms with Crippen LogP contribution < -0.4 is 5.73 Å². The maximum atomic E-state index is 5.16. The minimum absolute atomic E-state index is 0.982. The van der Waals surface area contributed by atoms with Crippen LogP contribution in [0.25, 0.3) is 0 Å². The van der Waals surface area contributed by atoms with Crippen LogP contribution in [-0.4, -0.2) is 0 Å². The lowest BCUT2D eigenvalue weighted by Gasteiger charge is -2.04. The van der Waals surface area contributed by atoms with Crippen LogP contribution in [0, 0.1) is 12.0 Å². The highest BCUT2D eigenvalue weighted by Gasteiger charge is 1.95. The average molecular weight is 392 g/mol. The van der Waals surface area contributed by atoms with E-state index < -0.39 is 0 Å². The highest BCUT2D eigenvalue weighted by molar-refractivity contribution is 4.93. The van der Waals surface area contributed by atoms with Gasteiger partial charge in [-0.2, -0.15) is 0 Å². The molecular weight excluding hydrogens is 338 g/mol. The van der Waals surface area contributed by atoms with Gasteiger partial charge in [-0.3, -0.25) is 0 Å². The van der Waals surface area contributed by atoms with Gasteiger partial charge in [0.25, 0.3) is 0 Å². The summed E-state index contributed by atoms with van der Waals surface area (Å²) in [6.07, 6.45) is 34.1. The third kappa shape index (κ3) is 25.4. The van der Waals surface area contributed by atoms with E-state index in [-0.39, 0.29) is 0 Å². The molecule has 28 heavy (non-hydrogen) atoms. The molecule has 0 heterocycles. The van der Waals surface area contributed by atoms with Gasteiger partial charge >= 0.3 is 0 Å². The van der Waals surface area contributed by atoms with E-state index >= 15 is 0 Å². The SMILES string of the molecule is CCCCCCCCCCCCCCCCCCCCCCCCCC#CN. The van der Waals surface area contributed by atoms with Gasteiger partial charge in [0, 0.05) is 12.5 Å². The van der Waals surface area contributed by atoms with Crippen molar-refractivity contribution in [2.75, 3.05) is 0 Å². The van der Waals surface area contributed by atoms with Crippen LogP contribution in [0.4, 0.5) is 0 Å². The molecule has 0 aliphatic heterocycles. The molecule has 0 aromatic carbocycles. The lowest BCUT2D eigenvalue weighted by Crippen LogP contribution is -1.84. The molecule has 0 aromatic rings. The molecule has 0 unspecified atom stereocenters. The predicted molar refractivity (Wildman–Crippen MR) is 128 cm³/mol. The molecule has 0 radical (unpaired) electrons. The fourth-order valence-corrected chi connectivity index (χ4v) is 4.07.